The molecule has 2 fully saturated rings. The van der Waals surface area contributed by atoms with Crippen molar-refractivity contribution in [3.05, 3.63) is 36.8 Å². The fraction of sp³-hybridized carbons (Fsp3) is 0.550. The SMILES string of the molecule is Cn1cnc(S(=O)(=O)N2C[C@@H]([C@@H]3CCCOC3)[C@H](Nc3cccc(OC(F)(F)F)c3)C2)c1. The molecule has 0 aliphatic carbocycles. The molecule has 0 bridgehead atoms. The lowest BCUT2D eigenvalue weighted by atomic mass is 9.84. The Hall–Kier alpha value is -2.31. The summed E-state index contributed by atoms with van der Waals surface area (Å²) in [6, 6.07) is 5.27. The molecule has 1 N–H and O–H groups in total. The maximum Gasteiger partial charge on any atom is 0.573 e. The fourth-order valence-corrected chi connectivity index (χ4v) is 5.84. The monoisotopic (exact) mass is 474 g/mol. The van der Waals surface area contributed by atoms with Gasteiger partial charge in [-0.25, -0.2) is 13.4 Å². The predicted octanol–water partition coefficient (Wildman–Crippen LogP) is 2.85. The number of nitrogens with one attached hydrogen (secondary N) is 1. The molecule has 1 aromatic carbocycles. The van der Waals surface area contributed by atoms with Crippen molar-refractivity contribution < 1.29 is 31.1 Å². The van der Waals surface area contributed by atoms with E-state index in [9.17, 15) is 21.6 Å². The van der Waals surface area contributed by atoms with Crippen molar-refractivity contribution in [2.75, 3.05) is 31.6 Å². The highest BCUT2D eigenvalue weighted by atomic mass is 32.2. The Bertz CT molecular complexity index is 1040. The molecular formula is C20H25F3N4O4S. The standard InChI is InChI=1S/C20H25F3N4O4S/c1-26-11-19(24-13-26)32(28,29)27-9-17(14-4-3-7-30-12-14)18(10-27)25-15-5-2-6-16(8-15)31-20(21,22)23/h2,5-6,8,11,13-14,17-18,25H,3-4,7,9-10,12H2,1H3/t14-,17+,18-/m1/s1. The number of hydrogen-bond donors (Lipinski definition) is 1. The topological polar surface area (TPSA) is 85.7 Å². The zero-order valence-electron chi connectivity index (χ0n) is 17.5. The van der Waals surface area contributed by atoms with Crippen LogP contribution in [0.15, 0.2) is 41.8 Å². The summed E-state index contributed by atoms with van der Waals surface area (Å²) >= 11 is 0. The van der Waals surface area contributed by atoms with E-state index < -0.39 is 16.4 Å². The Morgan fingerprint density at radius 3 is 2.75 bits per heavy atom. The lowest BCUT2D eigenvalue weighted by molar-refractivity contribution is -0.274. The Labute approximate surface area is 184 Å². The summed E-state index contributed by atoms with van der Waals surface area (Å²) in [5, 5.41) is 3.21. The summed E-state index contributed by atoms with van der Waals surface area (Å²) in [6.07, 6.45) is -0.126. The van der Waals surface area contributed by atoms with Crippen LogP contribution >= 0.6 is 0 Å². The molecule has 8 nitrogen and oxygen atoms in total. The molecule has 1 aromatic heterocycles. The molecule has 0 saturated carbocycles. The maximum atomic E-state index is 13.1. The number of hydrogen-bond acceptors (Lipinski definition) is 6. The zero-order valence-corrected chi connectivity index (χ0v) is 18.3. The van der Waals surface area contributed by atoms with E-state index >= 15 is 0 Å². The van der Waals surface area contributed by atoms with Gasteiger partial charge in [-0.05, 0) is 36.8 Å². The van der Waals surface area contributed by atoms with Crippen LogP contribution < -0.4 is 10.1 Å². The second-order valence-electron chi connectivity index (χ2n) is 8.17. The second-order valence-corrected chi connectivity index (χ2v) is 10.1. The molecular weight excluding hydrogens is 449 g/mol. The molecule has 0 amide bonds. The van der Waals surface area contributed by atoms with Gasteiger partial charge < -0.3 is 19.4 Å². The Kier molecular flexibility index (Phi) is 6.37. The number of aromatic nitrogens is 2. The second kappa shape index (κ2) is 8.91. The third-order valence-corrected chi connectivity index (χ3v) is 7.56. The summed E-state index contributed by atoms with van der Waals surface area (Å²) in [5.41, 5.74) is 0.426. The molecule has 0 radical (unpaired) electrons. The number of ether oxygens (including phenoxy) is 2. The van der Waals surface area contributed by atoms with Crippen LogP contribution in [0, 0.1) is 11.8 Å². The maximum absolute atomic E-state index is 13.1. The number of imidazole rings is 1. The molecule has 3 atom stereocenters. The van der Waals surface area contributed by atoms with Crippen LogP contribution in [0.1, 0.15) is 12.8 Å². The molecule has 32 heavy (non-hydrogen) atoms. The number of anilines is 1. The number of alkyl halides is 3. The average molecular weight is 475 g/mol. The average Bonchev–Trinajstić information content (AvgIpc) is 3.35. The van der Waals surface area contributed by atoms with Gasteiger partial charge in [0, 0.05) is 57.3 Å². The van der Waals surface area contributed by atoms with E-state index in [0.717, 1.165) is 12.8 Å². The van der Waals surface area contributed by atoms with Gasteiger partial charge in [0.05, 0.1) is 6.33 Å². The van der Waals surface area contributed by atoms with Crippen LogP contribution in [0.4, 0.5) is 18.9 Å². The summed E-state index contributed by atoms with van der Waals surface area (Å²) < 4.78 is 76.6. The van der Waals surface area contributed by atoms with Gasteiger partial charge in [0.15, 0.2) is 5.03 Å². The van der Waals surface area contributed by atoms with Crippen molar-refractivity contribution in [3.63, 3.8) is 0 Å². The molecule has 2 aromatic rings. The van der Waals surface area contributed by atoms with Gasteiger partial charge in [-0.15, -0.1) is 13.2 Å². The molecule has 2 saturated heterocycles. The van der Waals surface area contributed by atoms with E-state index in [4.69, 9.17) is 4.74 Å². The first-order valence-corrected chi connectivity index (χ1v) is 11.7. The van der Waals surface area contributed by atoms with Crippen molar-refractivity contribution in [1.82, 2.24) is 13.9 Å². The number of halogens is 3. The van der Waals surface area contributed by atoms with E-state index in [1.165, 1.54) is 35.0 Å². The van der Waals surface area contributed by atoms with Gasteiger partial charge in [0.2, 0.25) is 0 Å². The van der Waals surface area contributed by atoms with Crippen molar-refractivity contribution in [3.8, 4) is 5.75 Å². The van der Waals surface area contributed by atoms with Crippen molar-refractivity contribution in [2.24, 2.45) is 18.9 Å². The quantitative estimate of drug-likeness (QED) is 0.693. The number of nitrogens with zero attached hydrogens (tertiary/aromatic N) is 3. The van der Waals surface area contributed by atoms with Crippen LogP contribution in [0.3, 0.4) is 0 Å². The van der Waals surface area contributed by atoms with Gasteiger partial charge in [-0.3, -0.25) is 0 Å². The van der Waals surface area contributed by atoms with Gasteiger partial charge >= 0.3 is 6.36 Å². The summed E-state index contributed by atoms with van der Waals surface area (Å²) in [7, 11) is -2.11. The summed E-state index contributed by atoms with van der Waals surface area (Å²) in [4.78, 5) is 3.99. The van der Waals surface area contributed by atoms with Gasteiger partial charge in [0.25, 0.3) is 10.0 Å². The highest BCUT2D eigenvalue weighted by molar-refractivity contribution is 7.89. The first-order valence-electron chi connectivity index (χ1n) is 10.3. The summed E-state index contributed by atoms with van der Waals surface area (Å²) in [5.74, 6) is -0.267. The minimum Gasteiger partial charge on any atom is -0.406 e. The minimum absolute atomic E-state index is 0.0279. The molecule has 0 spiro atoms. The molecule has 2 aliphatic rings. The minimum atomic E-state index is -4.79. The molecule has 4 rings (SSSR count). The lowest BCUT2D eigenvalue weighted by Crippen LogP contribution is -2.36. The van der Waals surface area contributed by atoms with E-state index in [2.05, 4.69) is 15.0 Å². The third-order valence-electron chi connectivity index (χ3n) is 5.84. The zero-order chi connectivity index (χ0) is 22.9. The smallest absolute Gasteiger partial charge is 0.406 e. The van der Waals surface area contributed by atoms with Crippen LogP contribution in [0.2, 0.25) is 0 Å². The molecule has 0 unspecified atom stereocenters. The fourth-order valence-electron chi connectivity index (χ4n) is 4.37. The number of benzene rings is 1. The molecule has 2 aliphatic heterocycles. The Balaban J connectivity index is 1.56. The van der Waals surface area contributed by atoms with Gasteiger partial charge in [-0.1, -0.05) is 6.07 Å². The first kappa shape index (κ1) is 22.9. The van der Waals surface area contributed by atoms with E-state index in [-0.39, 0.29) is 41.7 Å². The van der Waals surface area contributed by atoms with Crippen LogP contribution in [-0.2, 0) is 21.8 Å². The number of aryl methyl sites for hydroxylation is 1. The Morgan fingerprint density at radius 2 is 2.09 bits per heavy atom. The number of rotatable bonds is 6. The van der Waals surface area contributed by atoms with E-state index in [1.807, 2.05) is 0 Å². The normalized spacial score (nSPS) is 25.1. The highest BCUT2D eigenvalue weighted by Gasteiger charge is 2.44. The lowest BCUT2D eigenvalue weighted by Gasteiger charge is -2.31. The van der Waals surface area contributed by atoms with Gasteiger partial charge in [0.1, 0.15) is 5.75 Å². The van der Waals surface area contributed by atoms with Gasteiger partial charge in [-0.2, -0.15) is 4.31 Å². The van der Waals surface area contributed by atoms with Crippen molar-refractivity contribution in [2.45, 2.75) is 30.3 Å². The third kappa shape index (κ3) is 5.18. The number of sulfonamides is 1. The van der Waals surface area contributed by atoms with Crippen molar-refractivity contribution in [1.29, 1.82) is 0 Å². The van der Waals surface area contributed by atoms with Crippen LogP contribution in [-0.4, -0.2) is 61.0 Å². The first-order chi connectivity index (χ1) is 15.1. The summed E-state index contributed by atoms with van der Waals surface area (Å²) in [6.45, 7) is 1.65. The molecule has 176 valence electrons. The largest absolute Gasteiger partial charge is 0.573 e. The van der Waals surface area contributed by atoms with Crippen LogP contribution in [0.25, 0.3) is 0 Å². The van der Waals surface area contributed by atoms with E-state index in [1.54, 1.807) is 17.7 Å². The Morgan fingerprint density at radius 1 is 1.28 bits per heavy atom. The molecule has 12 heteroatoms. The van der Waals surface area contributed by atoms with Crippen molar-refractivity contribution >= 4 is 15.7 Å². The predicted molar refractivity (Wildman–Crippen MR) is 110 cm³/mol. The van der Waals surface area contributed by atoms with E-state index in [0.29, 0.717) is 18.9 Å². The molecule has 3 heterocycles. The van der Waals surface area contributed by atoms with Crippen LogP contribution in [0.5, 0.6) is 5.75 Å². The highest BCUT2D eigenvalue weighted by Crippen LogP contribution is 2.35.